The zero-order valence-corrected chi connectivity index (χ0v) is 24.0. The highest BCUT2D eigenvalue weighted by molar-refractivity contribution is 5.78. The number of hydrogen-bond donors (Lipinski definition) is 2. The number of amides is 1. The first-order valence-corrected chi connectivity index (χ1v) is 15.3. The molecular formula is C30H40F2N8O2. The minimum atomic E-state index is -2.76. The average molecular weight is 583 g/mol. The van der Waals surface area contributed by atoms with Crippen molar-refractivity contribution >= 4 is 28.7 Å². The molecular weight excluding hydrogens is 542 g/mol. The Labute approximate surface area is 244 Å². The lowest BCUT2D eigenvalue weighted by atomic mass is 9.91. The molecule has 1 aliphatic carbocycles. The van der Waals surface area contributed by atoms with Gasteiger partial charge in [-0.05, 0) is 63.7 Å². The Hall–Kier alpha value is -3.38. The first kappa shape index (κ1) is 28.7. The molecule has 2 N–H and O–H groups in total. The van der Waals surface area contributed by atoms with Crippen molar-refractivity contribution in [3.8, 4) is 5.82 Å². The normalized spacial score (nSPS) is 22.0. The van der Waals surface area contributed by atoms with Crippen molar-refractivity contribution in [2.45, 2.75) is 69.9 Å². The van der Waals surface area contributed by atoms with E-state index >= 15 is 0 Å². The van der Waals surface area contributed by atoms with Gasteiger partial charge >= 0.3 is 0 Å². The van der Waals surface area contributed by atoms with Crippen LogP contribution in [0.1, 0.15) is 63.6 Å². The Morgan fingerprint density at radius 1 is 0.929 bits per heavy atom. The standard InChI is InChI=1S/C30H40F2N8O2/c31-28(32)29-35-23-6-2-3-7-24(23)40(29)26-20-25(39-16-18-42-19-17-39)36-30(37-26)34-22-10-8-21(9-11-22)33-27(41)12-15-38-13-4-1-5-14-38/h2-3,6-7,20-22,28H,1,4-5,8-19H2,(H,33,41)(H,34,36,37)/t21-,22-. The van der Waals surface area contributed by atoms with Crippen molar-refractivity contribution in [2.24, 2.45) is 0 Å². The third-order valence-electron chi connectivity index (χ3n) is 8.57. The van der Waals surface area contributed by atoms with E-state index in [-0.39, 0.29) is 23.8 Å². The van der Waals surface area contributed by atoms with Gasteiger partial charge in [-0.1, -0.05) is 18.6 Å². The predicted molar refractivity (Wildman–Crippen MR) is 157 cm³/mol. The molecule has 2 aliphatic heterocycles. The summed E-state index contributed by atoms with van der Waals surface area (Å²) in [6.07, 6.45) is 4.98. The summed E-state index contributed by atoms with van der Waals surface area (Å²) in [6, 6.07) is 9.14. The van der Waals surface area contributed by atoms with Crippen LogP contribution in [-0.2, 0) is 9.53 Å². The molecule has 3 fully saturated rings. The largest absolute Gasteiger partial charge is 0.378 e. The van der Waals surface area contributed by atoms with E-state index in [1.165, 1.54) is 23.8 Å². The van der Waals surface area contributed by atoms with Crippen molar-refractivity contribution in [1.82, 2.24) is 29.7 Å². The monoisotopic (exact) mass is 582 g/mol. The molecule has 226 valence electrons. The fraction of sp³-hybridized carbons (Fsp3) is 0.600. The molecule has 0 atom stereocenters. The lowest BCUT2D eigenvalue weighted by molar-refractivity contribution is -0.122. The fourth-order valence-corrected chi connectivity index (χ4v) is 6.29. The lowest BCUT2D eigenvalue weighted by Crippen LogP contribution is -2.42. The van der Waals surface area contributed by atoms with Gasteiger partial charge in [0, 0.05) is 44.2 Å². The van der Waals surface area contributed by atoms with Crippen molar-refractivity contribution < 1.29 is 18.3 Å². The molecule has 0 bridgehead atoms. The molecule has 0 unspecified atom stereocenters. The summed E-state index contributed by atoms with van der Waals surface area (Å²) in [4.78, 5) is 30.8. The van der Waals surface area contributed by atoms with Crippen molar-refractivity contribution in [2.75, 3.05) is 56.2 Å². The number of ether oxygens (including phenoxy) is 1. The Morgan fingerprint density at radius 3 is 2.40 bits per heavy atom. The minimum Gasteiger partial charge on any atom is -0.378 e. The second-order valence-electron chi connectivity index (χ2n) is 11.5. The molecule has 0 radical (unpaired) electrons. The number of alkyl halides is 2. The van der Waals surface area contributed by atoms with Crippen molar-refractivity contribution in [3.63, 3.8) is 0 Å². The number of rotatable bonds is 9. The van der Waals surface area contributed by atoms with Gasteiger partial charge in [-0.3, -0.25) is 9.36 Å². The number of nitrogens with zero attached hydrogens (tertiary/aromatic N) is 6. The quantitative estimate of drug-likeness (QED) is 0.385. The second kappa shape index (κ2) is 13.3. The van der Waals surface area contributed by atoms with Crippen LogP contribution < -0.4 is 15.5 Å². The van der Waals surface area contributed by atoms with Gasteiger partial charge in [0.05, 0.1) is 24.2 Å². The predicted octanol–water partition coefficient (Wildman–Crippen LogP) is 4.31. The van der Waals surface area contributed by atoms with E-state index in [4.69, 9.17) is 14.7 Å². The summed E-state index contributed by atoms with van der Waals surface area (Å²) in [6.45, 7) is 5.50. The van der Waals surface area contributed by atoms with Gasteiger partial charge in [-0.25, -0.2) is 13.8 Å². The Bertz CT molecular complexity index is 1350. The zero-order valence-electron chi connectivity index (χ0n) is 24.0. The van der Waals surface area contributed by atoms with Crippen LogP contribution in [0.15, 0.2) is 30.3 Å². The number of carbonyl (C=O) groups excluding carboxylic acids is 1. The minimum absolute atomic E-state index is 0.119. The van der Waals surface area contributed by atoms with Gasteiger partial charge in [0.25, 0.3) is 6.43 Å². The first-order chi connectivity index (χ1) is 20.5. The molecule has 1 saturated carbocycles. The van der Waals surface area contributed by atoms with Crippen LogP contribution in [0.25, 0.3) is 16.9 Å². The van der Waals surface area contributed by atoms with E-state index in [2.05, 4.69) is 25.4 Å². The smallest absolute Gasteiger partial charge is 0.296 e. The molecule has 4 heterocycles. The number of fused-ring (bicyclic) bond motifs is 1. The maximum Gasteiger partial charge on any atom is 0.296 e. The number of aromatic nitrogens is 4. The van der Waals surface area contributed by atoms with E-state index in [0.717, 1.165) is 45.3 Å². The molecule has 3 aromatic rings. The van der Waals surface area contributed by atoms with Crippen molar-refractivity contribution in [3.05, 3.63) is 36.2 Å². The second-order valence-corrected chi connectivity index (χ2v) is 11.5. The summed E-state index contributed by atoms with van der Waals surface area (Å²) >= 11 is 0. The van der Waals surface area contributed by atoms with E-state index in [1.54, 1.807) is 24.3 Å². The third kappa shape index (κ3) is 6.81. The summed E-state index contributed by atoms with van der Waals surface area (Å²) < 4.78 is 35.3. The molecule has 1 amide bonds. The number of piperidine rings is 1. The van der Waals surface area contributed by atoms with Gasteiger partial charge in [-0.15, -0.1) is 0 Å². The first-order valence-electron chi connectivity index (χ1n) is 15.3. The Kier molecular flexibility index (Phi) is 9.09. The highest BCUT2D eigenvalue weighted by Crippen LogP contribution is 2.30. The van der Waals surface area contributed by atoms with Crippen LogP contribution in [0, 0.1) is 0 Å². The van der Waals surface area contributed by atoms with Crippen LogP contribution in [0.3, 0.4) is 0 Å². The summed E-state index contributed by atoms with van der Waals surface area (Å²) in [7, 11) is 0. The molecule has 12 heteroatoms. The van der Waals surface area contributed by atoms with Crippen LogP contribution in [-0.4, -0.2) is 88.3 Å². The number of imidazole rings is 1. The molecule has 3 aliphatic rings. The number of para-hydroxylation sites is 2. The lowest BCUT2D eigenvalue weighted by Gasteiger charge is -2.31. The number of nitrogens with one attached hydrogen (secondary N) is 2. The number of benzene rings is 1. The molecule has 2 aromatic heterocycles. The Morgan fingerprint density at radius 2 is 1.64 bits per heavy atom. The van der Waals surface area contributed by atoms with Gasteiger partial charge in [0.15, 0.2) is 5.82 Å². The molecule has 10 nitrogen and oxygen atoms in total. The van der Waals surface area contributed by atoms with Crippen molar-refractivity contribution in [1.29, 1.82) is 0 Å². The van der Waals surface area contributed by atoms with E-state index in [0.29, 0.717) is 61.3 Å². The number of carbonyl (C=O) groups is 1. The van der Waals surface area contributed by atoms with Crippen LogP contribution in [0.2, 0.25) is 0 Å². The Balaban J connectivity index is 1.15. The fourth-order valence-electron chi connectivity index (χ4n) is 6.29. The molecule has 1 aromatic carbocycles. The number of halogens is 2. The zero-order chi connectivity index (χ0) is 28.9. The average Bonchev–Trinajstić information content (AvgIpc) is 3.42. The third-order valence-corrected chi connectivity index (χ3v) is 8.57. The number of anilines is 2. The molecule has 0 spiro atoms. The van der Waals surface area contributed by atoms with E-state index < -0.39 is 6.43 Å². The number of morpholine rings is 1. The van der Waals surface area contributed by atoms with E-state index in [9.17, 15) is 13.6 Å². The maximum absolute atomic E-state index is 14.1. The number of likely N-dealkylation sites (tertiary alicyclic amines) is 1. The molecule has 2 saturated heterocycles. The summed E-state index contributed by atoms with van der Waals surface area (Å²) in [5.74, 6) is 1.21. The maximum atomic E-state index is 14.1. The highest BCUT2D eigenvalue weighted by Gasteiger charge is 2.26. The van der Waals surface area contributed by atoms with Gasteiger partial charge in [0.2, 0.25) is 11.9 Å². The van der Waals surface area contributed by atoms with Crippen LogP contribution in [0.5, 0.6) is 0 Å². The van der Waals surface area contributed by atoms with Crippen LogP contribution >= 0.6 is 0 Å². The summed E-state index contributed by atoms with van der Waals surface area (Å²) in [5.41, 5.74) is 1.06. The topological polar surface area (TPSA) is 100 Å². The van der Waals surface area contributed by atoms with Gasteiger partial charge in [-0.2, -0.15) is 9.97 Å². The summed E-state index contributed by atoms with van der Waals surface area (Å²) in [5, 5.41) is 6.71. The molecule has 6 rings (SSSR count). The van der Waals surface area contributed by atoms with Gasteiger partial charge in [0.1, 0.15) is 11.6 Å². The highest BCUT2D eigenvalue weighted by atomic mass is 19.3. The number of hydrogen-bond acceptors (Lipinski definition) is 8. The van der Waals surface area contributed by atoms with E-state index in [1.807, 2.05) is 6.07 Å². The molecule has 42 heavy (non-hydrogen) atoms. The van der Waals surface area contributed by atoms with Gasteiger partial charge < -0.3 is 25.2 Å². The SMILES string of the molecule is O=C(CCN1CCCCC1)N[C@H]1CC[C@H](Nc2nc(N3CCOCC3)cc(-n3c(C(F)F)nc4ccccc43)n2)CC1. The van der Waals surface area contributed by atoms with Crippen LogP contribution in [0.4, 0.5) is 20.5 Å².